The standard InChI is InChI=1S/C25H24N4O3S/c1-25(2)13-19-20(15-32-25)33-22-21(19)23(30)29(17-9-11-18(31-3)12-10-17)24(27-22)28-26-14-16-7-5-4-6-8-16/h4-12,14H,13,15H2,1-3H3,(H,27,28)/b26-14+. The van der Waals surface area contributed by atoms with Gasteiger partial charge in [0.2, 0.25) is 5.95 Å². The van der Waals surface area contributed by atoms with Gasteiger partial charge in [0, 0.05) is 11.3 Å². The van der Waals surface area contributed by atoms with Gasteiger partial charge < -0.3 is 9.47 Å². The fourth-order valence-corrected chi connectivity index (χ4v) is 5.04. The van der Waals surface area contributed by atoms with Crippen LogP contribution in [-0.4, -0.2) is 28.5 Å². The molecule has 1 N–H and O–H groups in total. The van der Waals surface area contributed by atoms with E-state index in [1.807, 2.05) is 68.4 Å². The number of methoxy groups -OCH3 is 1. The van der Waals surface area contributed by atoms with Gasteiger partial charge in [-0.3, -0.25) is 4.79 Å². The van der Waals surface area contributed by atoms with Crippen LogP contribution in [0.5, 0.6) is 5.75 Å². The minimum absolute atomic E-state index is 0.127. The molecular weight excluding hydrogens is 436 g/mol. The summed E-state index contributed by atoms with van der Waals surface area (Å²) in [5, 5.41) is 5.00. The lowest BCUT2D eigenvalue weighted by atomic mass is 9.94. The van der Waals surface area contributed by atoms with E-state index in [1.165, 1.54) is 11.3 Å². The van der Waals surface area contributed by atoms with Crippen molar-refractivity contribution < 1.29 is 9.47 Å². The molecule has 0 saturated carbocycles. The molecular formula is C25H24N4O3S. The number of nitrogens with one attached hydrogen (secondary N) is 1. The van der Waals surface area contributed by atoms with E-state index in [0.29, 0.717) is 40.6 Å². The zero-order chi connectivity index (χ0) is 23.0. The van der Waals surface area contributed by atoms with Crippen LogP contribution in [0.25, 0.3) is 15.9 Å². The molecule has 1 aliphatic rings. The third-order valence-electron chi connectivity index (χ3n) is 5.61. The molecule has 0 aliphatic carbocycles. The van der Waals surface area contributed by atoms with Gasteiger partial charge in [-0.15, -0.1) is 11.3 Å². The van der Waals surface area contributed by atoms with E-state index in [0.717, 1.165) is 16.0 Å². The summed E-state index contributed by atoms with van der Waals surface area (Å²) in [7, 11) is 1.61. The molecule has 0 amide bonds. The molecule has 5 rings (SSSR count). The van der Waals surface area contributed by atoms with Crippen molar-refractivity contribution in [2.75, 3.05) is 12.5 Å². The predicted molar refractivity (Wildman–Crippen MR) is 132 cm³/mol. The summed E-state index contributed by atoms with van der Waals surface area (Å²) in [5.74, 6) is 1.06. The van der Waals surface area contributed by atoms with E-state index < -0.39 is 0 Å². The molecule has 4 aromatic rings. The maximum Gasteiger partial charge on any atom is 0.268 e. The van der Waals surface area contributed by atoms with Gasteiger partial charge in [0.15, 0.2) is 0 Å². The van der Waals surface area contributed by atoms with Gasteiger partial charge in [0.1, 0.15) is 10.6 Å². The summed E-state index contributed by atoms with van der Waals surface area (Å²) >= 11 is 1.51. The van der Waals surface area contributed by atoms with Crippen LogP contribution in [-0.2, 0) is 17.8 Å². The molecule has 2 aromatic heterocycles. The Kier molecular flexibility index (Phi) is 5.47. The first-order valence-electron chi connectivity index (χ1n) is 10.6. The average molecular weight is 461 g/mol. The van der Waals surface area contributed by atoms with E-state index in [4.69, 9.17) is 14.5 Å². The number of hydrogen-bond donors (Lipinski definition) is 1. The molecule has 0 spiro atoms. The highest BCUT2D eigenvalue weighted by atomic mass is 32.1. The molecule has 0 atom stereocenters. The van der Waals surface area contributed by atoms with Crippen molar-refractivity contribution in [2.24, 2.45) is 5.10 Å². The Balaban J connectivity index is 1.65. The number of hydrogen-bond acceptors (Lipinski definition) is 7. The number of benzene rings is 2. The van der Waals surface area contributed by atoms with Crippen LogP contribution in [0.1, 0.15) is 29.9 Å². The van der Waals surface area contributed by atoms with Crippen LogP contribution < -0.4 is 15.7 Å². The lowest BCUT2D eigenvalue weighted by molar-refractivity contribution is -0.0379. The predicted octanol–water partition coefficient (Wildman–Crippen LogP) is 4.75. The Labute approximate surface area is 195 Å². The fraction of sp³-hybridized carbons (Fsp3) is 0.240. The van der Waals surface area contributed by atoms with Crippen molar-refractivity contribution in [3.63, 3.8) is 0 Å². The Morgan fingerprint density at radius 2 is 1.94 bits per heavy atom. The van der Waals surface area contributed by atoms with Crippen LogP contribution >= 0.6 is 11.3 Å². The third kappa shape index (κ3) is 4.15. The molecule has 0 radical (unpaired) electrons. The lowest BCUT2D eigenvalue weighted by Crippen LogP contribution is -2.32. The van der Waals surface area contributed by atoms with Crippen LogP contribution in [0.15, 0.2) is 64.5 Å². The van der Waals surface area contributed by atoms with E-state index in [-0.39, 0.29) is 11.2 Å². The molecule has 168 valence electrons. The quantitative estimate of drug-likeness (QED) is 0.343. The third-order valence-corrected chi connectivity index (χ3v) is 6.71. The Hall–Kier alpha value is -3.49. The normalized spacial score (nSPS) is 15.0. The molecule has 33 heavy (non-hydrogen) atoms. The zero-order valence-corrected chi connectivity index (χ0v) is 19.5. The van der Waals surface area contributed by atoms with E-state index in [1.54, 1.807) is 17.9 Å². The molecule has 0 unspecified atom stereocenters. The first-order chi connectivity index (χ1) is 15.9. The number of anilines is 1. The molecule has 3 heterocycles. The smallest absolute Gasteiger partial charge is 0.268 e. The first kappa shape index (κ1) is 21.4. The van der Waals surface area contributed by atoms with Gasteiger partial charge in [-0.25, -0.2) is 15.0 Å². The Morgan fingerprint density at radius 3 is 2.67 bits per heavy atom. The second-order valence-electron chi connectivity index (χ2n) is 8.46. The summed E-state index contributed by atoms with van der Waals surface area (Å²) in [5.41, 5.74) is 5.19. The Morgan fingerprint density at radius 1 is 1.18 bits per heavy atom. The largest absolute Gasteiger partial charge is 0.497 e. The first-order valence-corrected chi connectivity index (χ1v) is 11.5. The van der Waals surface area contributed by atoms with Gasteiger partial charge in [0.05, 0.1) is 36.6 Å². The van der Waals surface area contributed by atoms with Gasteiger partial charge in [-0.05, 0) is 49.2 Å². The number of rotatable bonds is 5. The number of aromatic nitrogens is 2. The molecule has 1 aliphatic heterocycles. The van der Waals surface area contributed by atoms with E-state index >= 15 is 0 Å². The topological polar surface area (TPSA) is 77.7 Å². The summed E-state index contributed by atoms with van der Waals surface area (Å²) in [6, 6.07) is 17.1. The molecule has 8 heteroatoms. The summed E-state index contributed by atoms with van der Waals surface area (Å²) < 4.78 is 12.8. The van der Waals surface area contributed by atoms with Crippen LogP contribution in [0.4, 0.5) is 5.95 Å². The molecule has 0 saturated heterocycles. The SMILES string of the molecule is COc1ccc(-n2c(N/N=C/c3ccccc3)nc3sc4c(c3c2=O)CC(C)(C)OC4)cc1. The number of hydrazone groups is 1. The average Bonchev–Trinajstić information content (AvgIpc) is 3.17. The van der Waals surface area contributed by atoms with Crippen LogP contribution in [0, 0.1) is 0 Å². The van der Waals surface area contributed by atoms with Crippen LogP contribution in [0.2, 0.25) is 0 Å². The number of thiophene rings is 1. The molecule has 2 aromatic carbocycles. The van der Waals surface area contributed by atoms with Gasteiger partial charge in [-0.2, -0.15) is 5.10 Å². The minimum Gasteiger partial charge on any atom is -0.497 e. The van der Waals surface area contributed by atoms with E-state index in [2.05, 4.69) is 10.5 Å². The zero-order valence-electron chi connectivity index (χ0n) is 18.7. The molecule has 0 fully saturated rings. The van der Waals surface area contributed by atoms with Crippen molar-refractivity contribution in [3.05, 3.63) is 81.0 Å². The number of fused-ring (bicyclic) bond motifs is 3. The highest BCUT2D eigenvalue weighted by Crippen LogP contribution is 2.37. The van der Waals surface area contributed by atoms with Gasteiger partial charge >= 0.3 is 0 Å². The summed E-state index contributed by atoms with van der Waals surface area (Å²) in [6.07, 6.45) is 2.37. The van der Waals surface area contributed by atoms with Gasteiger partial charge in [0.25, 0.3) is 5.56 Å². The second-order valence-corrected chi connectivity index (χ2v) is 9.55. The van der Waals surface area contributed by atoms with Crippen molar-refractivity contribution >= 4 is 33.7 Å². The summed E-state index contributed by atoms with van der Waals surface area (Å²) in [4.78, 5) is 20.4. The van der Waals surface area contributed by atoms with Gasteiger partial charge in [-0.1, -0.05) is 30.3 Å². The van der Waals surface area contributed by atoms with E-state index in [9.17, 15) is 4.79 Å². The Bertz CT molecular complexity index is 1390. The monoisotopic (exact) mass is 460 g/mol. The maximum atomic E-state index is 13.8. The molecule has 0 bridgehead atoms. The van der Waals surface area contributed by atoms with Crippen molar-refractivity contribution in [1.82, 2.24) is 9.55 Å². The minimum atomic E-state index is -0.324. The van der Waals surface area contributed by atoms with Crippen molar-refractivity contribution in [1.29, 1.82) is 0 Å². The molecule has 7 nitrogen and oxygen atoms in total. The lowest BCUT2D eigenvalue weighted by Gasteiger charge is -2.29. The highest BCUT2D eigenvalue weighted by Gasteiger charge is 2.31. The maximum absolute atomic E-state index is 13.8. The highest BCUT2D eigenvalue weighted by molar-refractivity contribution is 7.18. The fourth-order valence-electron chi connectivity index (χ4n) is 3.94. The number of nitrogens with zero attached hydrogens (tertiary/aromatic N) is 3. The van der Waals surface area contributed by atoms with Crippen molar-refractivity contribution in [2.45, 2.75) is 32.5 Å². The van der Waals surface area contributed by atoms with Crippen molar-refractivity contribution in [3.8, 4) is 11.4 Å². The second kappa shape index (κ2) is 8.46. The number of ether oxygens (including phenoxy) is 2. The van der Waals surface area contributed by atoms with Crippen LogP contribution in [0.3, 0.4) is 0 Å². The summed E-state index contributed by atoms with van der Waals surface area (Å²) in [6.45, 7) is 4.58.